The molecule has 0 spiro atoms. The van der Waals surface area contributed by atoms with E-state index in [1.54, 1.807) is 0 Å². The predicted octanol–water partition coefficient (Wildman–Crippen LogP) is 2.04. The molecule has 1 rings (SSSR count). The van der Waals surface area contributed by atoms with Crippen LogP contribution in [0.25, 0.3) is 0 Å². The highest BCUT2D eigenvalue weighted by Gasteiger charge is 2.16. The minimum absolute atomic E-state index is 0.809. The van der Waals surface area contributed by atoms with Crippen LogP contribution in [-0.4, -0.2) is 54.4 Å². The van der Waals surface area contributed by atoms with Crippen molar-refractivity contribution in [2.45, 2.75) is 20.3 Å². The van der Waals surface area contributed by atoms with Gasteiger partial charge in [0.15, 0.2) is 0 Å². The molecule has 0 aromatic heterocycles. The summed E-state index contributed by atoms with van der Waals surface area (Å²) in [6.07, 6.45) is 1.28. The molecule has 1 heterocycles. The average molecular weight is 263 g/mol. The average Bonchev–Trinajstić information content (AvgIpc) is 2.16. The van der Waals surface area contributed by atoms with Crippen molar-refractivity contribution in [3.8, 4) is 0 Å². The number of hydrogen-bond acceptors (Lipinski definition) is 2. The molecular formula is C11H23BrN2. The van der Waals surface area contributed by atoms with E-state index < -0.39 is 0 Å². The second kappa shape index (κ2) is 6.81. The lowest BCUT2D eigenvalue weighted by atomic mass is 10.2. The van der Waals surface area contributed by atoms with Gasteiger partial charge in [0.05, 0.1) is 0 Å². The molecule has 2 nitrogen and oxygen atoms in total. The molecule has 0 amide bonds. The molecule has 0 N–H and O–H groups in total. The second-order valence-corrected chi connectivity index (χ2v) is 5.37. The van der Waals surface area contributed by atoms with Gasteiger partial charge in [0.1, 0.15) is 0 Å². The smallest absolute Gasteiger partial charge is 0.0110 e. The molecule has 1 aliphatic heterocycles. The van der Waals surface area contributed by atoms with Crippen molar-refractivity contribution in [1.82, 2.24) is 9.80 Å². The van der Waals surface area contributed by atoms with Crippen molar-refractivity contribution < 1.29 is 0 Å². The molecule has 0 unspecified atom stereocenters. The lowest BCUT2D eigenvalue weighted by molar-refractivity contribution is 0.123. The van der Waals surface area contributed by atoms with E-state index in [0.717, 1.165) is 11.2 Å². The van der Waals surface area contributed by atoms with E-state index >= 15 is 0 Å². The highest BCUT2D eigenvalue weighted by molar-refractivity contribution is 9.09. The van der Waals surface area contributed by atoms with Gasteiger partial charge in [-0.15, -0.1) is 0 Å². The van der Waals surface area contributed by atoms with Gasteiger partial charge >= 0.3 is 0 Å². The van der Waals surface area contributed by atoms with Gasteiger partial charge in [-0.2, -0.15) is 0 Å². The highest BCUT2D eigenvalue weighted by Crippen LogP contribution is 2.05. The molecule has 0 atom stereocenters. The molecule has 0 aliphatic carbocycles. The van der Waals surface area contributed by atoms with Crippen molar-refractivity contribution in [1.29, 1.82) is 0 Å². The zero-order valence-electron chi connectivity index (χ0n) is 9.51. The van der Waals surface area contributed by atoms with Gasteiger partial charge in [0.2, 0.25) is 0 Å². The van der Waals surface area contributed by atoms with Crippen molar-refractivity contribution >= 4 is 15.9 Å². The van der Waals surface area contributed by atoms with E-state index in [1.807, 2.05) is 0 Å². The van der Waals surface area contributed by atoms with Crippen LogP contribution in [0.2, 0.25) is 0 Å². The van der Waals surface area contributed by atoms with E-state index in [2.05, 4.69) is 39.6 Å². The SMILES string of the molecule is CC(C)CN1CCN(CCCBr)CC1. The van der Waals surface area contributed by atoms with Crippen LogP contribution in [0, 0.1) is 5.92 Å². The van der Waals surface area contributed by atoms with Crippen molar-refractivity contribution in [2.75, 3.05) is 44.6 Å². The quantitative estimate of drug-likeness (QED) is 0.700. The summed E-state index contributed by atoms with van der Waals surface area (Å²) in [5.41, 5.74) is 0. The van der Waals surface area contributed by atoms with Crippen LogP contribution in [0.15, 0.2) is 0 Å². The first-order valence-corrected chi connectivity index (χ1v) is 6.85. The monoisotopic (exact) mass is 262 g/mol. The Morgan fingerprint density at radius 3 is 2.14 bits per heavy atom. The molecule has 1 fully saturated rings. The van der Waals surface area contributed by atoms with Gasteiger partial charge in [-0.05, 0) is 18.9 Å². The topological polar surface area (TPSA) is 6.48 Å². The number of alkyl halides is 1. The Morgan fingerprint density at radius 2 is 1.64 bits per heavy atom. The van der Waals surface area contributed by atoms with Crippen molar-refractivity contribution in [3.63, 3.8) is 0 Å². The summed E-state index contributed by atoms with van der Waals surface area (Å²) in [6, 6.07) is 0. The minimum atomic E-state index is 0.809. The molecule has 84 valence electrons. The number of rotatable bonds is 5. The van der Waals surface area contributed by atoms with Gasteiger partial charge in [-0.25, -0.2) is 0 Å². The molecule has 14 heavy (non-hydrogen) atoms. The van der Waals surface area contributed by atoms with Crippen LogP contribution in [0.4, 0.5) is 0 Å². The molecule has 1 saturated heterocycles. The summed E-state index contributed by atoms with van der Waals surface area (Å²) in [5.74, 6) is 0.809. The Morgan fingerprint density at radius 1 is 1.07 bits per heavy atom. The Balaban J connectivity index is 2.11. The van der Waals surface area contributed by atoms with E-state index in [1.165, 1.54) is 45.7 Å². The molecule has 1 aliphatic rings. The molecule has 3 heteroatoms. The lowest BCUT2D eigenvalue weighted by Crippen LogP contribution is -2.47. The fraction of sp³-hybridized carbons (Fsp3) is 1.00. The Bertz CT molecular complexity index is 142. The second-order valence-electron chi connectivity index (χ2n) is 4.58. The summed E-state index contributed by atoms with van der Waals surface area (Å²) >= 11 is 3.48. The molecule has 0 aromatic carbocycles. The van der Waals surface area contributed by atoms with Crippen molar-refractivity contribution in [2.24, 2.45) is 5.92 Å². The largest absolute Gasteiger partial charge is 0.301 e. The fourth-order valence-electron chi connectivity index (χ4n) is 2.00. The maximum Gasteiger partial charge on any atom is 0.0110 e. The van der Waals surface area contributed by atoms with Crippen molar-refractivity contribution in [3.05, 3.63) is 0 Å². The standard InChI is InChI=1S/C11H23BrN2/c1-11(2)10-14-8-6-13(7-9-14)5-3-4-12/h11H,3-10H2,1-2H3. The first-order valence-electron chi connectivity index (χ1n) is 5.73. The van der Waals surface area contributed by atoms with Crippen LogP contribution in [-0.2, 0) is 0 Å². The first-order chi connectivity index (χ1) is 6.72. The van der Waals surface area contributed by atoms with Gasteiger partial charge in [0.25, 0.3) is 0 Å². The van der Waals surface area contributed by atoms with Crippen LogP contribution < -0.4 is 0 Å². The predicted molar refractivity (Wildman–Crippen MR) is 66.1 cm³/mol. The third kappa shape index (κ3) is 4.76. The minimum Gasteiger partial charge on any atom is -0.301 e. The molecule has 0 bridgehead atoms. The third-order valence-corrected chi connectivity index (χ3v) is 3.26. The van der Waals surface area contributed by atoms with Gasteiger partial charge in [-0.1, -0.05) is 29.8 Å². The fourth-order valence-corrected chi connectivity index (χ4v) is 2.25. The number of halogens is 1. The maximum atomic E-state index is 3.48. The summed E-state index contributed by atoms with van der Waals surface area (Å²) in [6.45, 7) is 12.2. The normalized spacial score (nSPS) is 20.6. The lowest BCUT2D eigenvalue weighted by Gasteiger charge is -2.35. The Labute approximate surface area is 96.8 Å². The van der Waals surface area contributed by atoms with Crippen LogP contribution >= 0.6 is 15.9 Å². The van der Waals surface area contributed by atoms with E-state index in [0.29, 0.717) is 0 Å². The first kappa shape index (κ1) is 12.5. The van der Waals surface area contributed by atoms with Gasteiger partial charge in [0, 0.05) is 38.1 Å². The van der Waals surface area contributed by atoms with Gasteiger partial charge in [-0.3, -0.25) is 0 Å². The van der Waals surface area contributed by atoms with Crippen LogP contribution in [0.1, 0.15) is 20.3 Å². The summed E-state index contributed by atoms with van der Waals surface area (Å²) in [4.78, 5) is 5.17. The number of piperazine rings is 1. The summed E-state index contributed by atoms with van der Waals surface area (Å²) < 4.78 is 0. The van der Waals surface area contributed by atoms with E-state index in [4.69, 9.17) is 0 Å². The highest BCUT2D eigenvalue weighted by atomic mass is 79.9. The Hall–Kier alpha value is 0.400. The molecule has 0 saturated carbocycles. The molecule has 0 aromatic rings. The van der Waals surface area contributed by atoms with Crippen LogP contribution in [0.3, 0.4) is 0 Å². The van der Waals surface area contributed by atoms with E-state index in [-0.39, 0.29) is 0 Å². The van der Waals surface area contributed by atoms with E-state index in [9.17, 15) is 0 Å². The number of hydrogen-bond donors (Lipinski definition) is 0. The van der Waals surface area contributed by atoms with Crippen LogP contribution in [0.5, 0.6) is 0 Å². The molecular weight excluding hydrogens is 240 g/mol. The zero-order chi connectivity index (χ0) is 10.4. The maximum absolute atomic E-state index is 3.48. The Kier molecular flexibility index (Phi) is 6.06. The summed E-state index contributed by atoms with van der Waals surface area (Å²) in [7, 11) is 0. The number of nitrogens with zero attached hydrogens (tertiary/aromatic N) is 2. The van der Waals surface area contributed by atoms with Gasteiger partial charge < -0.3 is 9.80 Å². The molecule has 0 radical (unpaired) electrons. The third-order valence-electron chi connectivity index (χ3n) is 2.70. The zero-order valence-corrected chi connectivity index (χ0v) is 11.1. The summed E-state index contributed by atoms with van der Waals surface area (Å²) in [5, 5.41) is 1.14.